The molecule has 0 bridgehead atoms. The number of hydrogen-bond acceptors (Lipinski definition) is 4. The molecule has 1 aromatic heterocycles. The Balaban J connectivity index is 1.29. The minimum atomic E-state index is -0.00828. The molecule has 1 N–H and O–H groups in total. The van der Waals surface area contributed by atoms with E-state index in [0.29, 0.717) is 19.4 Å². The minimum absolute atomic E-state index is 0.00828. The molecule has 0 aliphatic rings. The van der Waals surface area contributed by atoms with Crippen LogP contribution in [0, 0.1) is 13.8 Å². The third-order valence-electron chi connectivity index (χ3n) is 4.77. The number of nitrogens with one attached hydrogen (secondary N) is 1. The van der Waals surface area contributed by atoms with E-state index in [1.807, 2.05) is 55.5 Å². The van der Waals surface area contributed by atoms with Gasteiger partial charge in [-0.2, -0.15) is 0 Å². The van der Waals surface area contributed by atoms with Crippen LogP contribution in [0.5, 0.6) is 5.75 Å². The van der Waals surface area contributed by atoms with Gasteiger partial charge < -0.3 is 10.1 Å². The first kappa shape index (κ1) is 20.1. The summed E-state index contributed by atoms with van der Waals surface area (Å²) < 4.78 is 6.89. The fraction of sp³-hybridized carbons (Fsp3) is 0.200. The van der Waals surface area contributed by atoms with Crippen LogP contribution >= 0.6 is 11.3 Å². The van der Waals surface area contributed by atoms with Gasteiger partial charge in [-0.15, -0.1) is 11.3 Å². The Kier molecular flexibility index (Phi) is 6.10. The second-order valence-corrected chi connectivity index (χ2v) is 8.41. The molecule has 0 unspecified atom stereocenters. The molecule has 1 amide bonds. The van der Waals surface area contributed by atoms with Crippen LogP contribution in [0.1, 0.15) is 24.0 Å². The number of anilines is 1. The molecular formula is C25H24N2O2S. The molecule has 152 valence electrons. The molecule has 0 aliphatic heterocycles. The molecule has 0 aliphatic carbocycles. The number of aryl methyl sites for hydroxylation is 2. The number of carbonyl (C=O) groups excluding carboxylic acids is 1. The van der Waals surface area contributed by atoms with Crippen molar-refractivity contribution in [2.45, 2.75) is 26.7 Å². The first-order chi connectivity index (χ1) is 14.6. The van der Waals surface area contributed by atoms with Crippen molar-refractivity contribution < 1.29 is 9.53 Å². The van der Waals surface area contributed by atoms with Crippen LogP contribution in [0.2, 0.25) is 0 Å². The zero-order valence-electron chi connectivity index (χ0n) is 17.1. The molecule has 0 radical (unpaired) electrons. The molecule has 5 heteroatoms. The van der Waals surface area contributed by atoms with Gasteiger partial charge in [0, 0.05) is 17.7 Å². The average molecular weight is 417 g/mol. The summed E-state index contributed by atoms with van der Waals surface area (Å²) in [4.78, 5) is 16.9. The smallest absolute Gasteiger partial charge is 0.224 e. The van der Waals surface area contributed by atoms with Gasteiger partial charge in [0.15, 0.2) is 0 Å². The van der Waals surface area contributed by atoms with E-state index in [9.17, 15) is 4.79 Å². The van der Waals surface area contributed by atoms with E-state index in [1.165, 1.54) is 10.3 Å². The third-order valence-corrected chi connectivity index (χ3v) is 5.83. The molecule has 0 saturated carbocycles. The largest absolute Gasteiger partial charge is 0.494 e. The highest BCUT2D eigenvalue weighted by Crippen LogP contribution is 2.31. The Hall–Kier alpha value is -3.18. The quantitative estimate of drug-likeness (QED) is 0.356. The van der Waals surface area contributed by atoms with Crippen LogP contribution in [-0.4, -0.2) is 17.5 Å². The van der Waals surface area contributed by atoms with Gasteiger partial charge in [-0.05, 0) is 79.9 Å². The Morgan fingerprint density at radius 1 is 1.00 bits per heavy atom. The SMILES string of the molecule is Cc1cccc(OCCCC(=O)Nc2ccc(-c3nc4ccc(C)cc4s3)cc2)c1. The first-order valence-electron chi connectivity index (χ1n) is 10.0. The number of thiazole rings is 1. The lowest BCUT2D eigenvalue weighted by molar-refractivity contribution is -0.116. The standard InChI is InChI=1S/C25H24N2O2S/c1-17-5-3-6-21(15-17)29-14-4-7-24(28)26-20-11-9-19(10-12-20)25-27-22-13-8-18(2)16-23(22)30-25/h3,5-6,8-13,15-16H,4,7,14H2,1-2H3,(H,26,28). The summed E-state index contributed by atoms with van der Waals surface area (Å²) in [7, 11) is 0. The van der Waals surface area contributed by atoms with Crippen molar-refractivity contribution >= 4 is 33.1 Å². The number of nitrogens with zero attached hydrogens (tertiary/aromatic N) is 1. The molecule has 1 heterocycles. The summed E-state index contributed by atoms with van der Waals surface area (Å²) >= 11 is 1.68. The molecule has 0 saturated heterocycles. The van der Waals surface area contributed by atoms with Crippen molar-refractivity contribution in [3.63, 3.8) is 0 Å². The van der Waals surface area contributed by atoms with E-state index in [4.69, 9.17) is 9.72 Å². The number of hydrogen-bond donors (Lipinski definition) is 1. The Morgan fingerprint density at radius 2 is 1.80 bits per heavy atom. The normalized spacial score (nSPS) is 10.9. The van der Waals surface area contributed by atoms with Gasteiger partial charge in [0.05, 0.1) is 16.8 Å². The number of carbonyl (C=O) groups is 1. The summed E-state index contributed by atoms with van der Waals surface area (Å²) in [5.74, 6) is 0.835. The van der Waals surface area contributed by atoms with Crippen molar-refractivity contribution in [2.75, 3.05) is 11.9 Å². The molecule has 4 aromatic rings. The lowest BCUT2D eigenvalue weighted by Crippen LogP contribution is -2.12. The monoisotopic (exact) mass is 416 g/mol. The van der Waals surface area contributed by atoms with Gasteiger partial charge in [-0.1, -0.05) is 18.2 Å². The molecule has 0 spiro atoms. The fourth-order valence-corrected chi connectivity index (χ4v) is 4.27. The third kappa shape index (κ3) is 5.05. The second kappa shape index (κ2) is 9.09. The molecule has 30 heavy (non-hydrogen) atoms. The maximum atomic E-state index is 12.2. The van der Waals surface area contributed by atoms with Gasteiger partial charge in [0.25, 0.3) is 0 Å². The molecule has 3 aromatic carbocycles. The number of aromatic nitrogens is 1. The van der Waals surface area contributed by atoms with Gasteiger partial charge in [-0.25, -0.2) is 4.98 Å². The lowest BCUT2D eigenvalue weighted by Gasteiger charge is -2.08. The molecular weight excluding hydrogens is 392 g/mol. The fourth-order valence-electron chi connectivity index (χ4n) is 3.20. The lowest BCUT2D eigenvalue weighted by atomic mass is 10.2. The highest BCUT2D eigenvalue weighted by molar-refractivity contribution is 7.21. The summed E-state index contributed by atoms with van der Waals surface area (Å²) in [5, 5.41) is 3.94. The van der Waals surface area contributed by atoms with Crippen LogP contribution < -0.4 is 10.1 Å². The Bertz CT molecular complexity index is 1170. The number of ether oxygens (including phenoxy) is 1. The first-order valence-corrected chi connectivity index (χ1v) is 10.9. The number of fused-ring (bicyclic) bond motifs is 1. The van der Waals surface area contributed by atoms with Crippen LogP contribution in [0.25, 0.3) is 20.8 Å². The van der Waals surface area contributed by atoms with Crippen molar-refractivity contribution in [3.05, 3.63) is 77.9 Å². The van der Waals surface area contributed by atoms with E-state index in [2.05, 4.69) is 30.4 Å². The van der Waals surface area contributed by atoms with E-state index >= 15 is 0 Å². The predicted octanol–water partition coefficient (Wildman–Crippen LogP) is 6.38. The Morgan fingerprint density at radius 3 is 2.60 bits per heavy atom. The summed E-state index contributed by atoms with van der Waals surface area (Å²) in [6.45, 7) is 4.64. The van der Waals surface area contributed by atoms with Crippen LogP contribution in [-0.2, 0) is 4.79 Å². The van der Waals surface area contributed by atoms with Crippen molar-refractivity contribution in [3.8, 4) is 16.3 Å². The average Bonchev–Trinajstić information content (AvgIpc) is 3.15. The van der Waals surface area contributed by atoms with Gasteiger partial charge >= 0.3 is 0 Å². The highest BCUT2D eigenvalue weighted by Gasteiger charge is 2.08. The molecule has 0 atom stereocenters. The summed E-state index contributed by atoms with van der Waals surface area (Å²) in [6, 6.07) is 22.1. The van der Waals surface area contributed by atoms with Crippen LogP contribution in [0.3, 0.4) is 0 Å². The number of benzene rings is 3. The molecule has 4 nitrogen and oxygen atoms in total. The van der Waals surface area contributed by atoms with E-state index < -0.39 is 0 Å². The van der Waals surface area contributed by atoms with E-state index in [0.717, 1.165) is 33.1 Å². The van der Waals surface area contributed by atoms with Crippen molar-refractivity contribution in [1.29, 1.82) is 0 Å². The Labute approximate surface area is 180 Å². The molecule has 0 fully saturated rings. The molecule has 4 rings (SSSR count). The highest BCUT2D eigenvalue weighted by atomic mass is 32.1. The van der Waals surface area contributed by atoms with Crippen LogP contribution in [0.15, 0.2) is 66.7 Å². The maximum absolute atomic E-state index is 12.2. The van der Waals surface area contributed by atoms with Gasteiger partial charge in [0.2, 0.25) is 5.91 Å². The predicted molar refractivity (Wildman–Crippen MR) is 124 cm³/mol. The summed E-state index contributed by atoms with van der Waals surface area (Å²) in [5.41, 5.74) is 5.26. The number of rotatable bonds is 7. The zero-order valence-corrected chi connectivity index (χ0v) is 18.0. The minimum Gasteiger partial charge on any atom is -0.494 e. The summed E-state index contributed by atoms with van der Waals surface area (Å²) in [6.07, 6.45) is 1.09. The maximum Gasteiger partial charge on any atom is 0.224 e. The van der Waals surface area contributed by atoms with E-state index in [-0.39, 0.29) is 5.91 Å². The van der Waals surface area contributed by atoms with Crippen LogP contribution in [0.4, 0.5) is 5.69 Å². The van der Waals surface area contributed by atoms with Crippen molar-refractivity contribution in [2.24, 2.45) is 0 Å². The van der Waals surface area contributed by atoms with E-state index in [1.54, 1.807) is 11.3 Å². The van der Waals surface area contributed by atoms with Gasteiger partial charge in [0.1, 0.15) is 10.8 Å². The van der Waals surface area contributed by atoms with Crippen molar-refractivity contribution in [1.82, 2.24) is 4.98 Å². The number of amides is 1. The zero-order chi connectivity index (χ0) is 20.9. The second-order valence-electron chi connectivity index (χ2n) is 7.38. The topological polar surface area (TPSA) is 51.2 Å². The van der Waals surface area contributed by atoms with Gasteiger partial charge in [-0.3, -0.25) is 4.79 Å².